The number of nitro groups is 1. The Morgan fingerprint density at radius 1 is 1.29 bits per heavy atom. The van der Waals surface area contributed by atoms with Crippen LogP contribution in [0.3, 0.4) is 0 Å². The van der Waals surface area contributed by atoms with E-state index in [9.17, 15) is 19.3 Å². The molecule has 0 atom stereocenters. The number of benzene rings is 2. The molecule has 0 aliphatic carbocycles. The minimum atomic E-state index is -0.844. The van der Waals surface area contributed by atoms with Crippen molar-refractivity contribution in [3.63, 3.8) is 0 Å². The second-order valence-corrected chi connectivity index (χ2v) is 4.32. The molecule has 0 bridgehead atoms. The van der Waals surface area contributed by atoms with Gasteiger partial charge in [0.25, 0.3) is 5.69 Å². The molecule has 21 heavy (non-hydrogen) atoms. The molecular weight excluding hydrogens is 279 g/mol. The van der Waals surface area contributed by atoms with E-state index in [1.807, 2.05) is 0 Å². The van der Waals surface area contributed by atoms with E-state index >= 15 is 0 Å². The summed E-state index contributed by atoms with van der Waals surface area (Å²) in [5.41, 5.74) is 0.567. The Morgan fingerprint density at radius 2 is 2.05 bits per heavy atom. The zero-order valence-corrected chi connectivity index (χ0v) is 10.7. The van der Waals surface area contributed by atoms with Crippen molar-refractivity contribution in [1.82, 2.24) is 0 Å². The maximum absolute atomic E-state index is 13.1. The molecular formula is C14H11FN2O4. The average molecular weight is 290 g/mol. The van der Waals surface area contributed by atoms with Crippen molar-refractivity contribution in [3.8, 4) is 5.75 Å². The lowest BCUT2D eigenvalue weighted by Gasteiger charge is -2.06. The van der Waals surface area contributed by atoms with Gasteiger partial charge in [0.1, 0.15) is 0 Å². The van der Waals surface area contributed by atoms with Gasteiger partial charge in [-0.15, -0.1) is 0 Å². The highest BCUT2D eigenvalue weighted by Crippen LogP contribution is 2.20. The number of halogens is 1. The van der Waals surface area contributed by atoms with Crippen molar-refractivity contribution in [2.45, 2.75) is 6.42 Å². The highest BCUT2D eigenvalue weighted by atomic mass is 19.1. The Morgan fingerprint density at radius 3 is 2.71 bits per heavy atom. The zero-order valence-electron chi connectivity index (χ0n) is 10.7. The number of phenolic OH excluding ortho intramolecular Hbond substituents is 1. The zero-order chi connectivity index (χ0) is 15.4. The third-order valence-electron chi connectivity index (χ3n) is 2.72. The summed E-state index contributed by atoms with van der Waals surface area (Å²) in [7, 11) is 0. The van der Waals surface area contributed by atoms with Crippen LogP contribution in [0, 0.1) is 15.9 Å². The van der Waals surface area contributed by atoms with Gasteiger partial charge in [-0.1, -0.05) is 12.1 Å². The number of rotatable bonds is 4. The number of aromatic hydroxyl groups is 1. The van der Waals surface area contributed by atoms with Crippen LogP contribution in [-0.2, 0) is 11.2 Å². The van der Waals surface area contributed by atoms with E-state index in [4.69, 9.17) is 5.11 Å². The average Bonchev–Trinajstić information content (AvgIpc) is 2.43. The van der Waals surface area contributed by atoms with Gasteiger partial charge in [-0.25, -0.2) is 4.39 Å². The SMILES string of the molecule is O=C(Cc1cccc([N+](=O)[O-])c1)Nc1ccc(O)c(F)c1. The van der Waals surface area contributed by atoms with Crippen LogP contribution in [0.15, 0.2) is 42.5 Å². The number of carbonyl (C=O) groups is 1. The number of nitrogens with one attached hydrogen (secondary N) is 1. The fraction of sp³-hybridized carbons (Fsp3) is 0.0714. The molecule has 0 radical (unpaired) electrons. The van der Waals surface area contributed by atoms with Gasteiger partial charge < -0.3 is 10.4 Å². The number of phenols is 1. The molecule has 0 heterocycles. The topological polar surface area (TPSA) is 92.5 Å². The molecule has 0 aliphatic rings. The van der Waals surface area contributed by atoms with Crippen LogP contribution < -0.4 is 5.32 Å². The molecule has 0 spiro atoms. The molecule has 6 nitrogen and oxygen atoms in total. The van der Waals surface area contributed by atoms with Crippen LogP contribution in [0.4, 0.5) is 15.8 Å². The third kappa shape index (κ3) is 3.75. The quantitative estimate of drug-likeness (QED) is 0.514. The van der Waals surface area contributed by atoms with Gasteiger partial charge in [-0.2, -0.15) is 0 Å². The molecule has 2 aromatic rings. The number of hydrogen-bond donors (Lipinski definition) is 2. The lowest BCUT2D eigenvalue weighted by molar-refractivity contribution is -0.384. The molecule has 2 aromatic carbocycles. The number of non-ortho nitro benzene ring substituents is 1. The normalized spacial score (nSPS) is 10.1. The first kappa shape index (κ1) is 14.4. The summed E-state index contributed by atoms with van der Waals surface area (Å²) in [4.78, 5) is 21.9. The van der Waals surface area contributed by atoms with E-state index in [2.05, 4.69) is 5.32 Å². The van der Waals surface area contributed by atoms with E-state index in [0.29, 0.717) is 5.56 Å². The fourth-order valence-corrected chi connectivity index (χ4v) is 1.76. The predicted octanol–water partition coefficient (Wildman–Crippen LogP) is 2.62. The summed E-state index contributed by atoms with van der Waals surface area (Å²) in [6.45, 7) is 0. The van der Waals surface area contributed by atoms with Gasteiger partial charge in [0, 0.05) is 23.9 Å². The minimum Gasteiger partial charge on any atom is -0.505 e. The molecule has 1 amide bonds. The molecule has 2 N–H and O–H groups in total. The predicted molar refractivity (Wildman–Crippen MR) is 73.5 cm³/mol. The van der Waals surface area contributed by atoms with E-state index < -0.39 is 22.4 Å². The molecule has 0 fully saturated rings. The summed E-state index contributed by atoms with van der Waals surface area (Å²) < 4.78 is 13.1. The number of carbonyl (C=O) groups excluding carboxylic acids is 1. The second-order valence-electron chi connectivity index (χ2n) is 4.32. The monoisotopic (exact) mass is 290 g/mol. The summed E-state index contributed by atoms with van der Waals surface area (Å²) in [6.07, 6.45) is -0.0792. The van der Waals surface area contributed by atoms with Gasteiger partial charge in [-0.3, -0.25) is 14.9 Å². The van der Waals surface area contributed by atoms with Crippen molar-refractivity contribution < 1.29 is 19.2 Å². The Kier molecular flexibility index (Phi) is 4.13. The van der Waals surface area contributed by atoms with E-state index in [1.54, 1.807) is 6.07 Å². The van der Waals surface area contributed by atoms with Crippen LogP contribution >= 0.6 is 0 Å². The third-order valence-corrected chi connectivity index (χ3v) is 2.72. The fourth-order valence-electron chi connectivity index (χ4n) is 1.76. The molecule has 0 unspecified atom stereocenters. The summed E-state index contributed by atoms with van der Waals surface area (Å²) in [5, 5.41) is 22.1. The summed E-state index contributed by atoms with van der Waals surface area (Å²) in [5.74, 6) is -1.80. The molecule has 0 aliphatic heterocycles. The Bertz CT molecular complexity index is 703. The van der Waals surface area contributed by atoms with E-state index in [1.165, 1.54) is 24.3 Å². The maximum atomic E-state index is 13.1. The van der Waals surface area contributed by atoms with E-state index in [-0.39, 0.29) is 17.8 Å². The van der Waals surface area contributed by atoms with Crippen LogP contribution in [0.2, 0.25) is 0 Å². The number of amides is 1. The summed E-state index contributed by atoms with van der Waals surface area (Å²) >= 11 is 0. The number of nitro benzene ring substituents is 1. The Labute approximate surface area is 119 Å². The molecule has 0 saturated carbocycles. The van der Waals surface area contributed by atoms with Crippen LogP contribution in [0.1, 0.15) is 5.56 Å². The van der Waals surface area contributed by atoms with Crippen LogP contribution in [0.25, 0.3) is 0 Å². The van der Waals surface area contributed by atoms with Gasteiger partial charge in [0.05, 0.1) is 11.3 Å². The smallest absolute Gasteiger partial charge is 0.269 e. The molecule has 7 heteroatoms. The first-order valence-electron chi connectivity index (χ1n) is 5.97. The number of nitrogens with zero attached hydrogens (tertiary/aromatic N) is 1. The molecule has 108 valence electrons. The van der Waals surface area contributed by atoms with Crippen molar-refractivity contribution in [2.24, 2.45) is 0 Å². The Balaban J connectivity index is 2.06. The highest BCUT2D eigenvalue weighted by Gasteiger charge is 2.10. The maximum Gasteiger partial charge on any atom is 0.269 e. The lowest BCUT2D eigenvalue weighted by Crippen LogP contribution is -2.14. The second kappa shape index (κ2) is 6.00. The van der Waals surface area contributed by atoms with Crippen molar-refractivity contribution >= 4 is 17.3 Å². The largest absolute Gasteiger partial charge is 0.505 e. The highest BCUT2D eigenvalue weighted by molar-refractivity contribution is 5.92. The van der Waals surface area contributed by atoms with E-state index in [0.717, 1.165) is 12.1 Å². The molecule has 2 rings (SSSR count). The van der Waals surface area contributed by atoms with Crippen molar-refractivity contribution in [3.05, 3.63) is 64.0 Å². The molecule has 0 aromatic heterocycles. The van der Waals surface area contributed by atoms with Gasteiger partial charge >= 0.3 is 0 Å². The van der Waals surface area contributed by atoms with Crippen molar-refractivity contribution in [1.29, 1.82) is 0 Å². The van der Waals surface area contributed by atoms with Gasteiger partial charge in [0.15, 0.2) is 11.6 Å². The summed E-state index contributed by atoms with van der Waals surface area (Å²) in [6, 6.07) is 9.17. The van der Waals surface area contributed by atoms with Crippen LogP contribution in [0.5, 0.6) is 5.75 Å². The number of anilines is 1. The first-order valence-corrected chi connectivity index (χ1v) is 5.97. The molecule has 0 saturated heterocycles. The van der Waals surface area contributed by atoms with Crippen molar-refractivity contribution in [2.75, 3.05) is 5.32 Å². The number of hydrogen-bond acceptors (Lipinski definition) is 4. The lowest BCUT2D eigenvalue weighted by atomic mass is 10.1. The van der Waals surface area contributed by atoms with Gasteiger partial charge in [0.2, 0.25) is 5.91 Å². The van der Waals surface area contributed by atoms with Crippen LogP contribution in [-0.4, -0.2) is 15.9 Å². The van der Waals surface area contributed by atoms with Gasteiger partial charge in [-0.05, 0) is 17.7 Å². The first-order chi connectivity index (χ1) is 9.95. The standard InChI is InChI=1S/C14H11FN2O4/c15-12-8-10(4-5-13(12)18)16-14(19)7-9-2-1-3-11(6-9)17(20)21/h1-6,8,18H,7H2,(H,16,19). The minimum absolute atomic E-state index is 0.0792. The Hall–Kier alpha value is -2.96.